The lowest BCUT2D eigenvalue weighted by Crippen LogP contribution is -2.30. The molecule has 0 fully saturated rings. The summed E-state index contributed by atoms with van der Waals surface area (Å²) in [7, 11) is -2.91. The van der Waals surface area contributed by atoms with Crippen LogP contribution in [0.3, 0.4) is 0 Å². The van der Waals surface area contributed by atoms with Crippen molar-refractivity contribution >= 4 is 35.9 Å². The van der Waals surface area contributed by atoms with Gasteiger partial charge in [-0.05, 0) is 31.2 Å². The summed E-state index contributed by atoms with van der Waals surface area (Å²) in [6.45, 7) is 3.63. The van der Waals surface area contributed by atoms with E-state index in [2.05, 4.69) is 9.98 Å². The Morgan fingerprint density at radius 3 is 2.45 bits per heavy atom. The fraction of sp³-hybridized carbons (Fsp3) is 0.125. The summed E-state index contributed by atoms with van der Waals surface area (Å²) in [5, 5.41) is 0. The highest BCUT2D eigenvalue weighted by Gasteiger charge is 2.37. The monoisotopic (exact) mass is 310 g/mol. The molecular weight excluding hydrogens is 295 g/mol. The van der Waals surface area contributed by atoms with Crippen LogP contribution < -0.4 is 4.67 Å². The van der Waals surface area contributed by atoms with Crippen molar-refractivity contribution in [2.24, 2.45) is 4.99 Å². The van der Waals surface area contributed by atoms with Crippen molar-refractivity contribution in [3.05, 3.63) is 54.6 Å². The van der Waals surface area contributed by atoms with E-state index in [-0.39, 0.29) is 0 Å². The van der Waals surface area contributed by atoms with Gasteiger partial charge in [0.1, 0.15) is 5.84 Å². The van der Waals surface area contributed by atoms with Gasteiger partial charge in [0.25, 0.3) is 7.44 Å². The Bertz CT molecular complexity index is 945. The average molecular weight is 310 g/mol. The zero-order valence-electron chi connectivity index (χ0n) is 12.3. The summed E-state index contributed by atoms with van der Waals surface area (Å²) in [5.74, 6) is 1.21. The Balaban J connectivity index is 2.02. The van der Waals surface area contributed by atoms with E-state index in [1.165, 1.54) is 0 Å². The van der Waals surface area contributed by atoms with Crippen LogP contribution in [-0.2, 0) is 4.57 Å². The maximum atomic E-state index is 13.6. The van der Waals surface area contributed by atoms with Gasteiger partial charge in [-0.2, -0.15) is 4.99 Å². The van der Waals surface area contributed by atoms with Crippen LogP contribution in [0.15, 0.2) is 59.6 Å². The highest BCUT2D eigenvalue weighted by molar-refractivity contribution is 7.64. The number of fused-ring (bicyclic) bond motifs is 3. The highest BCUT2D eigenvalue weighted by atomic mass is 31.2. The number of rotatable bonds is 1. The summed E-state index contributed by atoms with van der Waals surface area (Å²) < 4.78 is 17.2. The van der Waals surface area contributed by atoms with Crippen LogP contribution in [0, 0.1) is 0 Å². The Labute approximate surface area is 128 Å². The molecule has 6 heteroatoms. The Morgan fingerprint density at radius 1 is 1.00 bits per heavy atom. The summed E-state index contributed by atoms with van der Waals surface area (Å²) in [4.78, 5) is 9.06. The average Bonchev–Trinajstić information content (AvgIpc) is 2.86. The molecule has 0 amide bonds. The molecular formula is C16H15N4OP. The molecule has 0 radical (unpaired) electrons. The third-order valence-corrected chi connectivity index (χ3v) is 6.23. The number of amidine groups is 1. The van der Waals surface area contributed by atoms with E-state index in [0.717, 1.165) is 16.7 Å². The molecule has 0 N–H and O–H groups in total. The lowest BCUT2D eigenvalue weighted by atomic mass is 10.3. The minimum atomic E-state index is -2.91. The second kappa shape index (κ2) is 4.55. The molecule has 4 rings (SSSR count). The van der Waals surface area contributed by atoms with E-state index in [0.29, 0.717) is 11.8 Å². The first-order valence-electron chi connectivity index (χ1n) is 7.06. The Hall–Kier alpha value is -2.39. The Morgan fingerprint density at radius 2 is 1.68 bits per heavy atom. The molecule has 1 atom stereocenters. The van der Waals surface area contributed by atoms with E-state index < -0.39 is 7.44 Å². The number of nitrogens with zero attached hydrogens (tertiary/aromatic N) is 4. The normalized spacial score (nSPS) is 20.8. The third-order valence-electron chi connectivity index (χ3n) is 3.83. The van der Waals surface area contributed by atoms with E-state index in [1.54, 1.807) is 11.0 Å². The molecule has 110 valence electrons. The molecule has 22 heavy (non-hydrogen) atoms. The van der Waals surface area contributed by atoms with E-state index >= 15 is 0 Å². The number of imidazole rings is 1. The molecule has 2 heterocycles. The fourth-order valence-corrected chi connectivity index (χ4v) is 5.27. The number of hydrogen-bond donors (Lipinski definition) is 0. The molecule has 1 aliphatic heterocycles. The van der Waals surface area contributed by atoms with Gasteiger partial charge in [0, 0.05) is 6.66 Å². The topological polar surface area (TPSA) is 50.5 Å². The van der Waals surface area contributed by atoms with Crippen molar-refractivity contribution in [1.82, 2.24) is 9.32 Å². The maximum absolute atomic E-state index is 13.6. The summed E-state index contributed by atoms with van der Waals surface area (Å²) in [6.07, 6.45) is 0. The number of anilines is 1. The number of aromatic nitrogens is 2. The van der Waals surface area contributed by atoms with Gasteiger partial charge < -0.3 is 0 Å². The number of para-hydroxylation sites is 3. The second-order valence-electron chi connectivity index (χ2n) is 5.35. The van der Waals surface area contributed by atoms with E-state index in [4.69, 9.17) is 0 Å². The van der Waals surface area contributed by atoms with Crippen LogP contribution in [0.2, 0.25) is 0 Å². The van der Waals surface area contributed by atoms with Crippen molar-refractivity contribution < 1.29 is 4.57 Å². The molecule has 3 aromatic rings. The van der Waals surface area contributed by atoms with Gasteiger partial charge in [0.05, 0.1) is 16.7 Å². The predicted octanol–water partition coefficient (Wildman–Crippen LogP) is 4.28. The van der Waals surface area contributed by atoms with Gasteiger partial charge in [0.2, 0.25) is 5.95 Å². The highest BCUT2D eigenvalue weighted by Crippen LogP contribution is 2.56. The van der Waals surface area contributed by atoms with Crippen LogP contribution in [0.1, 0.15) is 6.92 Å². The van der Waals surface area contributed by atoms with E-state index in [9.17, 15) is 4.57 Å². The summed E-state index contributed by atoms with van der Waals surface area (Å²) in [5.41, 5.74) is 2.53. The lowest BCUT2D eigenvalue weighted by molar-refractivity contribution is 0.573. The first kappa shape index (κ1) is 13.3. The van der Waals surface area contributed by atoms with Crippen LogP contribution in [0.5, 0.6) is 0 Å². The molecule has 2 aromatic carbocycles. The Kier molecular flexibility index (Phi) is 2.75. The standard InChI is InChI=1S/C16H15N4OP/c1-12-17-16-18-14-10-6-7-11-15(14)20(16)22(2,21)19(12)13-8-4-3-5-9-13/h3-11H,1-2H3. The van der Waals surface area contributed by atoms with Gasteiger partial charge in [-0.25, -0.2) is 9.32 Å². The molecule has 5 nitrogen and oxygen atoms in total. The van der Waals surface area contributed by atoms with Gasteiger partial charge in [0.15, 0.2) is 0 Å². The minimum absolute atomic E-state index is 0.511. The SMILES string of the molecule is CC1=Nc2nc3ccccc3n2P(C)(=O)N1c1ccccc1. The van der Waals surface area contributed by atoms with Gasteiger partial charge in [-0.3, -0.25) is 9.24 Å². The second-order valence-corrected chi connectivity index (χ2v) is 7.82. The summed E-state index contributed by atoms with van der Waals surface area (Å²) >= 11 is 0. The molecule has 1 unspecified atom stereocenters. The van der Waals surface area contributed by atoms with Crippen LogP contribution >= 0.6 is 7.44 Å². The van der Waals surface area contributed by atoms with Crippen LogP contribution in [0.25, 0.3) is 11.0 Å². The van der Waals surface area contributed by atoms with Gasteiger partial charge in [-0.15, -0.1) is 0 Å². The minimum Gasteiger partial charge on any atom is -0.275 e. The predicted molar refractivity (Wildman–Crippen MR) is 90.4 cm³/mol. The van der Waals surface area contributed by atoms with Crippen LogP contribution in [0.4, 0.5) is 11.6 Å². The molecule has 0 aliphatic carbocycles. The van der Waals surface area contributed by atoms with Gasteiger partial charge in [-0.1, -0.05) is 30.3 Å². The zero-order valence-corrected chi connectivity index (χ0v) is 13.2. The third kappa shape index (κ3) is 1.76. The smallest absolute Gasteiger partial charge is 0.272 e. The van der Waals surface area contributed by atoms with Crippen molar-refractivity contribution in [3.8, 4) is 0 Å². The summed E-state index contributed by atoms with van der Waals surface area (Å²) in [6, 6.07) is 17.4. The van der Waals surface area contributed by atoms with Crippen molar-refractivity contribution in [2.75, 3.05) is 11.3 Å². The lowest BCUT2D eigenvalue weighted by Gasteiger charge is -2.34. The number of hydrogen-bond acceptors (Lipinski definition) is 3. The molecule has 0 saturated carbocycles. The van der Waals surface area contributed by atoms with Crippen molar-refractivity contribution in [2.45, 2.75) is 6.92 Å². The fourth-order valence-electron chi connectivity index (χ4n) is 2.96. The molecule has 0 bridgehead atoms. The first-order chi connectivity index (χ1) is 10.6. The molecule has 0 spiro atoms. The number of aliphatic imine (C=N–C) groups is 1. The molecule has 1 aromatic heterocycles. The van der Waals surface area contributed by atoms with Gasteiger partial charge >= 0.3 is 0 Å². The van der Waals surface area contributed by atoms with Crippen LogP contribution in [-0.4, -0.2) is 21.8 Å². The number of benzene rings is 2. The quantitative estimate of drug-likeness (QED) is 0.630. The zero-order chi connectivity index (χ0) is 15.3. The molecule has 1 aliphatic rings. The van der Waals surface area contributed by atoms with Crippen molar-refractivity contribution in [3.63, 3.8) is 0 Å². The maximum Gasteiger partial charge on any atom is 0.272 e. The molecule has 0 saturated heterocycles. The largest absolute Gasteiger partial charge is 0.275 e. The first-order valence-corrected chi connectivity index (χ1v) is 9.12. The van der Waals surface area contributed by atoms with Crippen molar-refractivity contribution in [1.29, 1.82) is 0 Å². The van der Waals surface area contributed by atoms with E-state index in [1.807, 2.05) is 66.2 Å².